The maximum Gasteiger partial charge on any atom is 0.298 e. The number of rotatable bonds is 7. The molecule has 3 aromatic rings. The van der Waals surface area contributed by atoms with E-state index in [0.29, 0.717) is 34.5 Å². The quantitative estimate of drug-likeness (QED) is 0.550. The molecule has 1 aliphatic rings. The maximum atomic E-state index is 13.1. The summed E-state index contributed by atoms with van der Waals surface area (Å²) in [7, 11) is 1.55. The summed E-state index contributed by atoms with van der Waals surface area (Å²) >= 11 is 1.12. The molecule has 1 saturated carbocycles. The first kappa shape index (κ1) is 21.2. The molecule has 1 fully saturated rings. The number of carbonyl (C=O) groups is 1. The Hall–Kier alpha value is -3.00. The predicted molar refractivity (Wildman–Crippen MR) is 117 cm³/mol. The van der Waals surface area contributed by atoms with E-state index in [2.05, 4.69) is 14.7 Å². The van der Waals surface area contributed by atoms with Gasteiger partial charge in [-0.05, 0) is 48.7 Å². The third kappa shape index (κ3) is 5.58. The smallest absolute Gasteiger partial charge is 0.298 e. The van der Waals surface area contributed by atoms with Gasteiger partial charge in [0.25, 0.3) is 11.1 Å². The molecule has 162 valence electrons. The van der Waals surface area contributed by atoms with Crippen molar-refractivity contribution in [3.05, 3.63) is 65.2 Å². The summed E-state index contributed by atoms with van der Waals surface area (Å²) in [5.41, 5.74) is 1.42. The zero-order chi connectivity index (χ0) is 21.6. The van der Waals surface area contributed by atoms with Crippen molar-refractivity contribution in [2.24, 2.45) is 0 Å². The van der Waals surface area contributed by atoms with Crippen molar-refractivity contribution in [2.45, 2.75) is 44.6 Å². The van der Waals surface area contributed by atoms with Gasteiger partial charge in [-0.3, -0.25) is 4.79 Å². The SMILES string of the molecule is COc1ccc(C(=O)NC2CCCCC2)cc1Oc1nc(Cc2ccc(F)cc2)ns1. The summed E-state index contributed by atoms with van der Waals surface area (Å²) in [6.07, 6.45) is 6.05. The van der Waals surface area contributed by atoms with E-state index < -0.39 is 0 Å². The Morgan fingerprint density at radius 2 is 1.90 bits per heavy atom. The summed E-state index contributed by atoms with van der Waals surface area (Å²) in [6.45, 7) is 0. The normalized spacial score (nSPS) is 14.3. The highest BCUT2D eigenvalue weighted by molar-refractivity contribution is 7.07. The van der Waals surface area contributed by atoms with E-state index in [4.69, 9.17) is 9.47 Å². The molecule has 0 unspecified atom stereocenters. The van der Waals surface area contributed by atoms with Crippen LogP contribution in [0.1, 0.15) is 53.8 Å². The average molecular weight is 442 g/mol. The fourth-order valence-corrected chi connectivity index (χ4v) is 4.21. The van der Waals surface area contributed by atoms with Gasteiger partial charge in [0, 0.05) is 29.6 Å². The van der Waals surface area contributed by atoms with Crippen molar-refractivity contribution in [3.63, 3.8) is 0 Å². The minimum Gasteiger partial charge on any atom is -0.493 e. The molecule has 0 bridgehead atoms. The minimum atomic E-state index is -0.279. The second-order valence-electron chi connectivity index (χ2n) is 7.56. The van der Waals surface area contributed by atoms with E-state index in [1.807, 2.05) is 0 Å². The van der Waals surface area contributed by atoms with Gasteiger partial charge in [-0.1, -0.05) is 31.4 Å². The number of hydrogen-bond donors (Lipinski definition) is 1. The first-order chi connectivity index (χ1) is 15.1. The highest BCUT2D eigenvalue weighted by Crippen LogP contribution is 2.33. The first-order valence-corrected chi connectivity index (χ1v) is 11.1. The van der Waals surface area contributed by atoms with Crippen LogP contribution in [0.3, 0.4) is 0 Å². The van der Waals surface area contributed by atoms with Crippen LogP contribution in [0.5, 0.6) is 16.7 Å². The third-order valence-electron chi connectivity index (χ3n) is 5.29. The number of carbonyl (C=O) groups excluding carboxylic acids is 1. The highest BCUT2D eigenvalue weighted by atomic mass is 32.1. The molecule has 1 amide bonds. The van der Waals surface area contributed by atoms with Gasteiger partial charge in [-0.2, -0.15) is 9.36 Å². The monoisotopic (exact) mass is 441 g/mol. The number of ether oxygens (including phenoxy) is 2. The molecule has 1 N–H and O–H groups in total. The van der Waals surface area contributed by atoms with Gasteiger partial charge in [-0.25, -0.2) is 4.39 Å². The Labute approximate surface area is 184 Å². The average Bonchev–Trinajstić information content (AvgIpc) is 3.22. The second-order valence-corrected chi connectivity index (χ2v) is 8.27. The summed E-state index contributed by atoms with van der Waals surface area (Å²) in [5.74, 6) is 1.09. The van der Waals surface area contributed by atoms with Crippen LogP contribution in [0.4, 0.5) is 4.39 Å². The lowest BCUT2D eigenvalue weighted by atomic mass is 9.95. The number of hydrogen-bond acceptors (Lipinski definition) is 6. The van der Waals surface area contributed by atoms with Gasteiger partial charge in [-0.15, -0.1) is 0 Å². The summed E-state index contributed by atoms with van der Waals surface area (Å²) < 4.78 is 28.7. The van der Waals surface area contributed by atoms with Crippen LogP contribution in [-0.2, 0) is 6.42 Å². The number of benzene rings is 2. The zero-order valence-electron chi connectivity index (χ0n) is 17.3. The van der Waals surface area contributed by atoms with E-state index in [0.717, 1.165) is 42.8 Å². The Morgan fingerprint density at radius 1 is 1.13 bits per heavy atom. The van der Waals surface area contributed by atoms with Crippen LogP contribution in [0.2, 0.25) is 0 Å². The van der Waals surface area contributed by atoms with E-state index in [1.165, 1.54) is 18.6 Å². The lowest BCUT2D eigenvalue weighted by molar-refractivity contribution is 0.0927. The van der Waals surface area contributed by atoms with Crippen LogP contribution in [0, 0.1) is 5.82 Å². The van der Waals surface area contributed by atoms with Crippen molar-refractivity contribution < 1.29 is 18.7 Å². The summed E-state index contributed by atoms with van der Waals surface area (Å²) in [6, 6.07) is 11.6. The largest absolute Gasteiger partial charge is 0.493 e. The van der Waals surface area contributed by atoms with Crippen LogP contribution in [0.15, 0.2) is 42.5 Å². The maximum absolute atomic E-state index is 13.1. The van der Waals surface area contributed by atoms with Gasteiger partial charge in [0.2, 0.25) is 0 Å². The van der Waals surface area contributed by atoms with Gasteiger partial charge < -0.3 is 14.8 Å². The molecule has 0 radical (unpaired) electrons. The van der Waals surface area contributed by atoms with Crippen LogP contribution in [-0.4, -0.2) is 28.4 Å². The Balaban J connectivity index is 1.45. The van der Waals surface area contributed by atoms with E-state index >= 15 is 0 Å². The highest BCUT2D eigenvalue weighted by Gasteiger charge is 2.19. The topological polar surface area (TPSA) is 73.3 Å². The standard InChI is InChI=1S/C23H24FN3O3S/c1-29-19-12-9-16(22(28)25-18-5-3-2-4-6-18)14-20(19)30-23-26-21(27-31-23)13-15-7-10-17(24)11-8-15/h7-12,14,18H,2-6,13H2,1H3,(H,25,28). The number of aromatic nitrogens is 2. The van der Waals surface area contributed by atoms with E-state index in [-0.39, 0.29) is 17.8 Å². The number of amides is 1. The number of methoxy groups -OCH3 is 1. The zero-order valence-corrected chi connectivity index (χ0v) is 18.1. The van der Waals surface area contributed by atoms with Crippen LogP contribution in [0.25, 0.3) is 0 Å². The lowest BCUT2D eigenvalue weighted by Crippen LogP contribution is -2.36. The van der Waals surface area contributed by atoms with E-state index in [1.54, 1.807) is 37.4 Å². The Morgan fingerprint density at radius 3 is 2.65 bits per heavy atom. The molecule has 2 aromatic carbocycles. The minimum absolute atomic E-state index is 0.117. The number of nitrogens with zero attached hydrogens (tertiary/aromatic N) is 2. The molecular weight excluding hydrogens is 417 g/mol. The molecular formula is C23H24FN3O3S. The van der Waals surface area contributed by atoms with Gasteiger partial charge in [0.15, 0.2) is 17.3 Å². The van der Waals surface area contributed by atoms with Gasteiger partial charge in [0.1, 0.15) is 5.82 Å². The van der Waals surface area contributed by atoms with Crippen molar-refractivity contribution in [1.29, 1.82) is 0 Å². The molecule has 1 heterocycles. The van der Waals surface area contributed by atoms with Crippen molar-refractivity contribution in [1.82, 2.24) is 14.7 Å². The molecule has 0 spiro atoms. The summed E-state index contributed by atoms with van der Waals surface area (Å²) in [4.78, 5) is 17.1. The molecule has 31 heavy (non-hydrogen) atoms. The summed E-state index contributed by atoms with van der Waals surface area (Å²) in [5, 5.41) is 3.46. The van der Waals surface area contributed by atoms with Gasteiger partial charge >= 0.3 is 0 Å². The predicted octanol–water partition coefficient (Wildman–Crippen LogP) is 5.13. The first-order valence-electron chi connectivity index (χ1n) is 10.3. The lowest BCUT2D eigenvalue weighted by Gasteiger charge is -2.22. The molecule has 4 rings (SSSR count). The van der Waals surface area contributed by atoms with Crippen molar-refractivity contribution in [3.8, 4) is 16.7 Å². The molecule has 8 heteroatoms. The molecule has 0 atom stereocenters. The molecule has 1 aliphatic carbocycles. The fourth-order valence-electron chi connectivity index (χ4n) is 3.64. The Bertz CT molecular complexity index is 1030. The molecule has 1 aromatic heterocycles. The van der Waals surface area contributed by atoms with Crippen LogP contribution < -0.4 is 14.8 Å². The fraction of sp³-hybridized carbons (Fsp3) is 0.348. The Kier molecular flexibility index (Phi) is 6.76. The van der Waals surface area contributed by atoms with Crippen molar-refractivity contribution >= 4 is 17.4 Å². The second kappa shape index (κ2) is 9.87. The van der Waals surface area contributed by atoms with Crippen LogP contribution >= 0.6 is 11.5 Å². The molecule has 6 nitrogen and oxygen atoms in total. The van der Waals surface area contributed by atoms with Gasteiger partial charge in [0.05, 0.1) is 7.11 Å². The third-order valence-corrected chi connectivity index (χ3v) is 5.92. The molecule has 0 saturated heterocycles. The number of nitrogens with one attached hydrogen (secondary N) is 1. The van der Waals surface area contributed by atoms with E-state index in [9.17, 15) is 9.18 Å². The van der Waals surface area contributed by atoms with Crippen molar-refractivity contribution in [2.75, 3.05) is 7.11 Å². The molecule has 0 aliphatic heterocycles. The number of halogens is 1.